The number of rotatable bonds is 2. The predicted octanol–water partition coefficient (Wildman–Crippen LogP) is 0.598. The van der Waals surface area contributed by atoms with Crippen molar-refractivity contribution in [1.29, 1.82) is 0 Å². The van der Waals surface area contributed by atoms with Crippen LogP contribution in [0.3, 0.4) is 0 Å². The van der Waals surface area contributed by atoms with E-state index in [1.54, 1.807) is 11.3 Å². The third kappa shape index (κ3) is 2.91. The second-order valence-corrected chi connectivity index (χ2v) is 4.26. The Morgan fingerprint density at radius 2 is 2.31 bits per heavy atom. The summed E-state index contributed by atoms with van der Waals surface area (Å²) in [5.41, 5.74) is 3.42. The van der Waals surface area contributed by atoms with Crippen molar-refractivity contribution in [3.8, 4) is 0 Å². The zero-order valence-electron chi connectivity index (χ0n) is 7.55. The maximum atomic E-state index is 5.11. The minimum atomic E-state index is 0.449. The van der Waals surface area contributed by atoms with Crippen molar-refractivity contribution in [3.63, 3.8) is 0 Å². The standard InChI is InChI=1S/C7H12N4S2/c1-4-6(13-5(2)10-4)3-9-7(12)11-8/h3,8H2,1-2H3,(H2,9,11,12). The van der Waals surface area contributed by atoms with Gasteiger partial charge in [0.05, 0.1) is 17.2 Å². The molecule has 72 valence electrons. The number of aromatic nitrogens is 1. The minimum Gasteiger partial charge on any atom is -0.357 e. The van der Waals surface area contributed by atoms with Gasteiger partial charge in [-0.2, -0.15) is 0 Å². The van der Waals surface area contributed by atoms with Crippen LogP contribution in [0.15, 0.2) is 0 Å². The highest BCUT2D eigenvalue weighted by atomic mass is 32.1. The Kier molecular flexibility index (Phi) is 3.58. The maximum Gasteiger partial charge on any atom is 0.180 e. The first kappa shape index (κ1) is 10.4. The molecule has 0 aromatic carbocycles. The molecule has 4 nitrogen and oxygen atoms in total. The van der Waals surface area contributed by atoms with E-state index in [-0.39, 0.29) is 0 Å². The van der Waals surface area contributed by atoms with Crippen LogP contribution in [0.1, 0.15) is 15.6 Å². The Morgan fingerprint density at radius 1 is 1.62 bits per heavy atom. The average molecular weight is 216 g/mol. The summed E-state index contributed by atoms with van der Waals surface area (Å²) in [4.78, 5) is 5.49. The van der Waals surface area contributed by atoms with Gasteiger partial charge in [-0.25, -0.2) is 10.8 Å². The predicted molar refractivity (Wildman–Crippen MR) is 58.3 cm³/mol. The molecular weight excluding hydrogens is 204 g/mol. The molecule has 0 radical (unpaired) electrons. The van der Waals surface area contributed by atoms with Crippen LogP contribution >= 0.6 is 23.6 Å². The lowest BCUT2D eigenvalue weighted by atomic mass is 10.4. The van der Waals surface area contributed by atoms with Crippen molar-refractivity contribution < 1.29 is 0 Å². The van der Waals surface area contributed by atoms with Crippen molar-refractivity contribution in [1.82, 2.24) is 15.7 Å². The van der Waals surface area contributed by atoms with Crippen LogP contribution in [0.4, 0.5) is 0 Å². The number of hydrogen-bond donors (Lipinski definition) is 3. The van der Waals surface area contributed by atoms with Crippen molar-refractivity contribution in [2.24, 2.45) is 5.84 Å². The van der Waals surface area contributed by atoms with Crippen molar-refractivity contribution >= 4 is 28.7 Å². The average Bonchev–Trinajstić information content (AvgIpc) is 2.41. The molecule has 4 N–H and O–H groups in total. The number of thiocarbonyl (C=S) groups is 1. The molecule has 0 aliphatic heterocycles. The molecule has 0 fully saturated rings. The molecule has 6 heteroatoms. The molecule has 0 unspecified atom stereocenters. The zero-order chi connectivity index (χ0) is 9.84. The van der Waals surface area contributed by atoms with Gasteiger partial charge in [-0.1, -0.05) is 0 Å². The molecule has 0 saturated carbocycles. The molecule has 1 heterocycles. The lowest BCUT2D eigenvalue weighted by molar-refractivity contribution is 0.869. The molecule has 0 amide bonds. The van der Waals surface area contributed by atoms with Crippen LogP contribution in [0.2, 0.25) is 0 Å². The van der Waals surface area contributed by atoms with Crippen molar-refractivity contribution in [2.75, 3.05) is 0 Å². The summed E-state index contributed by atoms with van der Waals surface area (Å²) < 4.78 is 0. The normalized spacial score (nSPS) is 9.77. The summed E-state index contributed by atoms with van der Waals surface area (Å²) in [5.74, 6) is 5.11. The third-order valence-corrected chi connectivity index (χ3v) is 2.88. The summed E-state index contributed by atoms with van der Waals surface area (Å²) in [5, 5.41) is 4.49. The summed E-state index contributed by atoms with van der Waals surface area (Å²) >= 11 is 6.51. The third-order valence-electron chi connectivity index (χ3n) is 1.54. The summed E-state index contributed by atoms with van der Waals surface area (Å²) in [6.45, 7) is 4.65. The highest BCUT2D eigenvalue weighted by Gasteiger charge is 2.04. The Bertz CT molecular complexity index is 307. The van der Waals surface area contributed by atoms with Crippen LogP contribution in [-0.4, -0.2) is 10.1 Å². The van der Waals surface area contributed by atoms with E-state index in [2.05, 4.69) is 15.7 Å². The molecule has 1 rings (SSSR count). The molecule has 0 atom stereocenters. The topological polar surface area (TPSA) is 63.0 Å². The highest BCUT2D eigenvalue weighted by Crippen LogP contribution is 2.16. The molecular formula is C7H12N4S2. The molecule has 0 bridgehead atoms. The van der Waals surface area contributed by atoms with Crippen molar-refractivity contribution in [3.05, 3.63) is 15.6 Å². The monoisotopic (exact) mass is 216 g/mol. The SMILES string of the molecule is Cc1nc(C)c(CNC(=S)NN)s1. The van der Waals surface area contributed by atoms with Crippen LogP contribution < -0.4 is 16.6 Å². The number of nitrogens with zero attached hydrogens (tertiary/aromatic N) is 1. The van der Waals surface area contributed by atoms with E-state index >= 15 is 0 Å². The second-order valence-electron chi connectivity index (χ2n) is 2.57. The summed E-state index contributed by atoms with van der Waals surface area (Å²) in [6, 6.07) is 0. The van der Waals surface area contributed by atoms with Gasteiger partial charge in [-0.3, -0.25) is 0 Å². The first-order valence-corrected chi connectivity index (χ1v) is 5.03. The van der Waals surface area contributed by atoms with Gasteiger partial charge in [0.25, 0.3) is 0 Å². The molecule has 1 aromatic rings. The number of aryl methyl sites for hydroxylation is 2. The number of hydrogen-bond acceptors (Lipinski definition) is 4. The van der Waals surface area contributed by atoms with Gasteiger partial charge >= 0.3 is 0 Å². The van der Waals surface area contributed by atoms with E-state index in [1.165, 1.54) is 4.88 Å². The Hall–Kier alpha value is -0.720. The van der Waals surface area contributed by atoms with E-state index in [9.17, 15) is 0 Å². The van der Waals surface area contributed by atoms with Gasteiger partial charge in [0.2, 0.25) is 0 Å². The quantitative estimate of drug-likeness (QED) is 0.384. The van der Waals surface area contributed by atoms with Gasteiger partial charge in [-0.05, 0) is 26.1 Å². The number of thiazole rings is 1. The van der Waals surface area contributed by atoms with Gasteiger partial charge in [0.1, 0.15) is 0 Å². The first-order chi connectivity index (χ1) is 6.13. The van der Waals surface area contributed by atoms with E-state index in [0.717, 1.165) is 10.7 Å². The Labute approximate surface area is 86.5 Å². The molecule has 1 aromatic heterocycles. The summed E-state index contributed by atoms with van der Waals surface area (Å²) in [6.07, 6.45) is 0. The Morgan fingerprint density at radius 3 is 2.77 bits per heavy atom. The summed E-state index contributed by atoms with van der Waals surface area (Å²) in [7, 11) is 0. The van der Waals surface area contributed by atoms with Crippen LogP contribution in [0.25, 0.3) is 0 Å². The van der Waals surface area contributed by atoms with Crippen LogP contribution in [0.5, 0.6) is 0 Å². The second kappa shape index (κ2) is 4.50. The molecule has 0 aliphatic rings. The van der Waals surface area contributed by atoms with Crippen molar-refractivity contribution in [2.45, 2.75) is 20.4 Å². The maximum absolute atomic E-state index is 5.11. The van der Waals surface area contributed by atoms with Crippen LogP contribution in [0, 0.1) is 13.8 Å². The van der Waals surface area contributed by atoms with E-state index in [4.69, 9.17) is 18.1 Å². The van der Waals surface area contributed by atoms with Gasteiger partial charge in [0.15, 0.2) is 5.11 Å². The van der Waals surface area contributed by atoms with Crippen LogP contribution in [-0.2, 0) is 6.54 Å². The van der Waals surface area contributed by atoms with Gasteiger partial charge in [0, 0.05) is 4.88 Å². The number of nitrogens with two attached hydrogens (primary N) is 1. The highest BCUT2D eigenvalue weighted by molar-refractivity contribution is 7.80. The lowest BCUT2D eigenvalue weighted by Crippen LogP contribution is -2.39. The van der Waals surface area contributed by atoms with E-state index < -0.39 is 0 Å². The first-order valence-electron chi connectivity index (χ1n) is 3.81. The fraction of sp³-hybridized carbons (Fsp3) is 0.429. The fourth-order valence-corrected chi connectivity index (χ4v) is 1.90. The molecule has 13 heavy (non-hydrogen) atoms. The van der Waals surface area contributed by atoms with E-state index in [1.807, 2.05) is 13.8 Å². The van der Waals surface area contributed by atoms with Gasteiger partial charge in [-0.15, -0.1) is 11.3 Å². The number of nitrogens with one attached hydrogen (secondary N) is 2. The lowest BCUT2D eigenvalue weighted by Gasteiger charge is -2.04. The largest absolute Gasteiger partial charge is 0.357 e. The zero-order valence-corrected chi connectivity index (χ0v) is 9.18. The smallest absolute Gasteiger partial charge is 0.180 e. The number of hydrazine groups is 1. The Balaban J connectivity index is 2.54. The minimum absolute atomic E-state index is 0.449. The molecule has 0 spiro atoms. The molecule has 0 aliphatic carbocycles. The fourth-order valence-electron chi connectivity index (χ4n) is 0.949. The molecule has 0 saturated heterocycles. The van der Waals surface area contributed by atoms with E-state index in [0.29, 0.717) is 11.7 Å². The van der Waals surface area contributed by atoms with Gasteiger partial charge < -0.3 is 10.7 Å².